The van der Waals surface area contributed by atoms with Gasteiger partial charge in [0, 0.05) is 5.56 Å². The number of ether oxygens (including phenoxy) is 1. The fourth-order valence-corrected chi connectivity index (χ4v) is 3.15. The first-order valence-electron chi connectivity index (χ1n) is 6.56. The van der Waals surface area contributed by atoms with Crippen LogP contribution in [-0.4, -0.2) is 21.7 Å². The van der Waals surface area contributed by atoms with Gasteiger partial charge in [-0.25, -0.2) is 0 Å². The third-order valence-electron chi connectivity index (χ3n) is 2.82. The number of hydrogen-bond donors (Lipinski definition) is 0. The van der Waals surface area contributed by atoms with Gasteiger partial charge in [-0.3, -0.25) is 4.79 Å². The predicted octanol–water partition coefficient (Wildman–Crippen LogP) is 4.31. The minimum atomic E-state index is 0.0615. The molecule has 0 saturated heterocycles. The highest BCUT2D eigenvalue weighted by molar-refractivity contribution is 8.01. The van der Waals surface area contributed by atoms with Gasteiger partial charge in [-0.1, -0.05) is 41.3 Å². The van der Waals surface area contributed by atoms with Gasteiger partial charge in [0.25, 0.3) is 0 Å². The SMILES string of the molecule is O=C(CSc1nncs1)c1ccc(Oc2ccccc2)cc1. The predicted molar refractivity (Wildman–Crippen MR) is 87.9 cm³/mol. The zero-order valence-corrected chi connectivity index (χ0v) is 13.1. The van der Waals surface area contributed by atoms with E-state index >= 15 is 0 Å². The molecule has 0 bridgehead atoms. The van der Waals surface area contributed by atoms with Crippen molar-refractivity contribution in [2.45, 2.75) is 4.34 Å². The Labute approximate surface area is 136 Å². The van der Waals surface area contributed by atoms with Crippen molar-refractivity contribution in [3.63, 3.8) is 0 Å². The van der Waals surface area contributed by atoms with Crippen LogP contribution in [0.3, 0.4) is 0 Å². The number of thioether (sulfide) groups is 1. The Morgan fingerprint density at radius 1 is 1.05 bits per heavy atom. The number of Topliss-reactive ketones (excluding diaryl/α,β-unsaturated/α-hetero) is 1. The Morgan fingerprint density at radius 2 is 1.77 bits per heavy atom. The van der Waals surface area contributed by atoms with Gasteiger partial charge in [0.05, 0.1) is 5.75 Å². The van der Waals surface area contributed by atoms with E-state index in [2.05, 4.69) is 10.2 Å². The van der Waals surface area contributed by atoms with Gasteiger partial charge in [0.2, 0.25) is 0 Å². The van der Waals surface area contributed by atoms with E-state index in [4.69, 9.17) is 4.74 Å². The van der Waals surface area contributed by atoms with E-state index in [0.717, 1.165) is 10.1 Å². The van der Waals surface area contributed by atoms with Crippen molar-refractivity contribution in [3.05, 3.63) is 65.7 Å². The minimum absolute atomic E-state index is 0.0615. The molecule has 3 rings (SSSR count). The van der Waals surface area contributed by atoms with Crippen molar-refractivity contribution in [2.75, 3.05) is 5.75 Å². The van der Waals surface area contributed by atoms with E-state index in [1.807, 2.05) is 30.3 Å². The van der Waals surface area contributed by atoms with Crippen LogP contribution in [0.15, 0.2) is 64.4 Å². The average molecular weight is 328 g/mol. The molecule has 0 aliphatic heterocycles. The summed E-state index contributed by atoms with van der Waals surface area (Å²) in [6.45, 7) is 0. The summed E-state index contributed by atoms with van der Waals surface area (Å²) in [6.07, 6.45) is 0. The molecule has 22 heavy (non-hydrogen) atoms. The van der Waals surface area contributed by atoms with E-state index in [1.54, 1.807) is 29.8 Å². The number of ketones is 1. The van der Waals surface area contributed by atoms with Gasteiger partial charge in [0.1, 0.15) is 17.0 Å². The Hall–Kier alpha value is -2.18. The number of aromatic nitrogens is 2. The smallest absolute Gasteiger partial charge is 0.174 e. The molecule has 1 heterocycles. The van der Waals surface area contributed by atoms with Crippen LogP contribution < -0.4 is 4.74 Å². The minimum Gasteiger partial charge on any atom is -0.457 e. The molecule has 0 aliphatic rings. The van der Waals surface area contributed by atoms with Gasteiger partial charge in [-0.05, 0) is 36.4 Å². The fourth-order valence-electron chi connectivity index (χ4n) is 1.77. The molecule has 110 valence electrons. The van der Waals surface area contributed by atoms with Gasteiger partial charge < -0.3 is 4.74 Å². The van der Waals surface area contributed by atoms with Crippen molar-refractivity contribution in [3.8, 4) is 11.5 Å². The number of carbonyl (C=O) groups excluding carboxylic acids is 1. The molecule has 4 nitrogen and oxygen atoms in total. The summed E-state index contributed by atoms with van der Waals surface area (Å²) < 4.78 is 6.50. The van der Waals surface area contributed by atoms with Gasteiger partial charge in [-0.15, -0.1) is 10.2 Å². The number of benzene rings is 2. The Balaban J connectivity index is 1.60. The Bertz CT molecular complexity index is 729. The molecule has 1 aromatic heterocycles. The van der Waals surface area contributed by atoms with Crippen LogP contribution in [0.2, 0.25) is 0 Å². The molecule has 6 heteroatoms. The van der Waals surface area contributed by atoms with Crippen LogP contribution in [0.1, 0.15) is 10.4 Å². The maximum Gasteiger partial charge on any atom is 0.174 e. The van der Waals surface area contributed by atoms with Crippen LogP contribution in [0.25, 0.3) is 0 Å². The lowest BCUT2D eigenvalue weighted by atomic mass is 10.1. The van der Waals surface area contributed by atoms with Crippen molar-refractivity contribution >= 4 is 28.9 Å². The number of hydrogen-bond acceptors (Lipinski definition) is 6. The standard InChI is InChI=1S/C16H12N2O2S2/c19-15(10-21-16-18-17-11-22-16)12-6-8-14(9-7-12)20-13-4-2-1-3-5-13/h1-9,11H,10H2. The molecule has 0 saturated carbocycles. The largest absolute Gasteiger partial charge is 0.457 e. The summed E-state index contributed by atoms with van der Waals surface area (Å²) in [5, 5.41) is 7.65. The van der Waals surface area contributed by atoms with E-state index in [-0.39, 0.29) is 5.78 Å². The van der Waals surface area contributed by atoms with Gasteiger partial charge in [0.15, 0.2) is 10.1 Å². The van der Waals surface area contributed by atoms with Crippen LogP contribution >= 0.6 is 23.1 Å². The van der Waals surface area contributed by atoms with E-state index in [0.29, 0.717) is 17.1 Å². The lowest BCUT2D eigenvalue weighted by molar-refractivity contribution is 0.102. The number of rotatable bonds is 6. The maximum atomic E-state index is 12.1. The van der Waals surface area contributed by atoms with Crippen LogP contribution in [0.4, 0.5) is 0 Å². The molecule has 0 N–H and O–H groups in total. The second kappa shape index (κ2) is 7.20. The highest BCUT2D eigenvalue weighted by Crippen LogP contribution is 2.23. The van der Waals surface area contributed by atoms with E-state index < -0.39 is 0 Å². The second-order valence-corrected chi connectivity index (χ2v) is 6.41. The first-order valence-corrected chi connectivity index (χ1v) is 8.43. The summed E-state index contributed by atoms with van der Waals surface area (Å²) in [7, 11) is 0. The molecule has 0 unspecified atom stereocenters. The summed E-state index contributed by atoms with van der Waals surface area (Å²) >= 11 is 2.83. The van der Waals surface area contributed by atoms with Crippen molar-refractivity contribution in [1.82, 2.24) is 10.2 Å². The summed E-state index contributed by atoms with van der Waals surface area (Å²) in [4.78, 5) is 12.1. The zero-order chi connectivity index (χ0) is 15.2. The topological polar surface area (TPSA) is 52.1 Å². The maximum absolute atomic E-state index is 12.1. The third-order valence-corrected chi connectivity index (χ3v) is 4.68. The molecule has 0 aliphatic carbocycles. The normalized spacial score (nSPS) is 10.4. The molecule has 2 aromatic carbocycles. The molecule has 0 spiro atoms. The van der Waals surface area contributed by atoms with E-state index in [1.165, 1.54) is 23.1 Å². The summed E-state index contributed by atoms with van der Waals surface area (Å²) in [6, 6.07) is 16.7. The third kappa shape index (κ3) is 3.93. The van der Waals surface area contributed by atoms with Gasteiger partial charge >= 0.3 is 0 Å². The van der Waals surface area contributed by atoms with Crippen molar-refractivity contribution in [2.24, 2.45) is 0 Å². The molecular weight excluding hydrogens is 316 g/mol. The lowest BCUT2D eigenvalue weighted by Crippen LogP contribution is -2.02. The molecule has 0 fully saturated rings. The zero-order valence-electron chi connectivity index (χ0n) is 11.5. The molecule has 3 aromatic rings. The Kier molecular flexibility index (Phi) is 4.82. The van der Waals surface area contributed by atoms with Crippen molar-refractivity contribution < 1.29 is 9.53 Å². The highest BCUT2D eigenvalue weighted by atomic mass is 32.2. The first-order chi connectivity index (χ1) is 10.8. The quantitative estimate of drug-likeness (QED) is 0.498. The fraction of sp³-hybridized carbons (Fsp3) is 0.0625. The van der Waals surface area contributed by atoms with E-state index in [9.17, 15) is 4.79 Å². The van der Waals surface area contributed by atoms with Gasteiger partial charge in [-0.2, -0.15) is 0 Å². The Morgan fingerprint density at radius 3 is 2.45 bits per heavy atom. The molecule has 0 amide bonds. The first kappa shape index (κ1) is 14.7. The van der Waals surface area contributed by atoms with Crippen LogP contribution in [-0.2, 0) is 0 Å². The number of nitrogens with zero attached hydrogens (tertiary/aromatic N) is 2. The van der Waals surface area contributed by atoms with Crippen molar-refractivity contribution in [1.29, 1.82) is 0 Å². The second-order valence-electron chi connectivity index (χ2n) is 4.36. The lowest BCUT2D eigenvalue weighted by Gasteiger charge is -2.06. The van der Waals surface area contributed by atoms with Crippen LogP contribution in [0, 0.1) is 0 Å². The summed E-state index contributed by atoms with van der Waals surface area (Å²) in [5.74, 6) is 1.90. The monoisotopic (exact) mass is 328 g/mol. The highest BCUT2D eigenvalue weighted by Gasteiger charge is 2.08. The number of carbonyl (C=O) groups is 1. The molecular formula is C16H12N2O2S2. The average Bonchev–Trinajstić information content (AvgIpc) is 3.08. The summed E-state index contributed by atoms with van der Waals surface area (Å²) in [5.41, 5.74) is 2.32. The molecule has 0 atom stereocenters. The molecule has 0 radical (unpaired) electrons. The number of para-hydroxylation sites is 1. The van der Waals surface area contributed by atoms with Crippen LogP contribution in [0.5, 0.6) is 11.5 Å².